The van der Waals surface area contributed by atoms with Crippen LogP contribution in [0, 0.1) is 19.8 Å². The van der Waals surface area contributed by atoms with Gasteiger partial charge in [-0.2, -0.15) is 4.98 Å². The van der Waals surface area contributed by atoms with Gasteiger partial charge in [0.15, 0.2) is 11.8 Å². The van der Waals surface area contributed by atoms with Crippen molar-refractivity contribution in [3.05, 3.63) is 47.1 Å². The highest BCUT2D eigenvalue weighted by atomic mass is 127. The quantitative estimate of drug-likeness (QED) is 0.361. The van der Waals surface area contributed by atoms with Gasteiger partial charge in [-0.3, -0.25) is 4.99 Å². The highest BCUT2D eigenvalue weighted by molar-refractivity contribution is 14.0. The summed E-state index contributed by atoms with van der Waals surface area (Å²) in [5, 5.41) is 10.5. The minimum Gasteiger partial charge on any atom is -0.373 e. The van der Waals surface area contributed by atoms with Gasteiger partial charge in [0.25, 0.3) is 0 Å². The maximum atomic E-state index is 6.10. The molecular formula is C20H30IN5O2. The van der Waals surface area contributed by atoms with Gasteiger partial charge in [0.05, 0.1) is 6.10 Å². The predicted octanol–water partition coefficient (Wildman–Crippen LogP) is 3.18. The summed E-state index contributed by atoms with van der Waals surface area (Å²) in [5.74, 6) is 2.49. The topological polar surface area (TPSA) is 84.6 Å². The van der Waals surface area contributed by atoms with E-state index >= 15 is 0 Å². The number of nitrogens with one attached hydrogen (secondary N) is 2. The Balaban J connectivity index is 0.00000280. The fourth-order valence-electron chi connectivity index (χ4n) is 3.35. The molecule has 1 aliphatic heterocycles. The highest BCUT2D eigenvalue weighted by Gasteiger charge is 2.27. The molecule has 0 aliphatic carbocycles. The molecule has 3 rings (SSSR count). The lowest BCUT2D eigenvalue weighted by atomic mass is 9.89. The van der Waals surface area contributed by atoms with Crippen LogP contribution in [0.5, 0.6) is 0 Å². The Morgan fingerprint density at radius 2 is 2.00 bits per heavy atom. The summed E-state index contributed by atoms with van der Waals surface area (Å²) in [6.07, 6.45) is 3.03. The van der Waals surface area contributed by atoms with Crippen LogP contribution in [0.4, 0.5) is 0 Å². The van der Waals surface area contributed by atoms with Crippen molar-refractivity contribution in [2.24, 2.45) is 10.9 Å². The van der Waals surface area contributed by atoms with E-state index in [0.717, 1.165) is 32.0 Å². The molecule has 2 atom stereocenters. The van der Waals surface area contributed by atoms with Gasteiger partial charge in [-0.1, -0.05) is 35.0 Å². The van der Waals surface area contributed by atoms with Crippen LogP contribution in [-0.2, 0) is 11.2 Å². The predicted molar refractivity (Wildman–Crippen MR) is 120 cm³/mol. The zero-order valence-electron chi connectivity index (χ0n) is 16.8. The average Bonchev–Trinajstić information content (AvgIpc) is 3.10. The monoisotopic (exact) mass is 499 g/mol. The van der Waals surface area contributed by atoms with E-state index in [1.54, 1.807) is 7.05 Å². The molecule has 0 saturated carbocycles. The Hall–Kier alpha value is -1.68. The standard InChI is InChI=1S/C20H29N5O2.HI/c1-14-6-8-16(9-7-14)19-17(5-4-12-26-19)13-23-20(21-3)22-11-10-18-24-15(2)25-27-18;/h6-9,17,19H,4-5,10-13H2,1-3H3,(H2,21,22,23);1H. The summed E-state index contributed by atoms with van der Waals surface area (Å²) in [5.41, 5.74) is 2.52. The third-order valence-electron chi connectivity index (χ3n) is 4.81. The molecule has 2 heterocycles. The molecule has 1 fully saturated rings. The molecule has 1 aliphatic rings. The fraction of sp³-hybridized carbons (Fsp3) is 0.550. The molecule has 2 unspecified atom stereocenters. The zero-order valence-corrected chi connectivity index (χ0v) is 19.1. The first-order valence-corrected chi connectivity index (χ1v) is 9.57. The Labute approximate surface area is 183 Å². The van der Waals surface area contributed by atoms with Gasteiger partial charge in [-0.25, -0.2) is 0 Å². The van der Waals surface area contributed by atoms with Crippen LogP contribution in [0.2, 0.25) is 0 Å². The van der Waals surface area contributed by atoms with Gasteiger partial charge in [-0.15, -0.1) is 24.0 Å². The van der Waals surface area contributed by atoms with E-state index in [-0.39, 0.29) is 30.1 Å². The molecule has 0 radical (unpaired) electrons. The maximum Gasteiger partial charge on any atom is 0.228 e. The molecule has 1 aromatic heterocycles. The second-order valence-corrected chi connectivity index (χ2v) is 6.97. The van der Waals surface area contributed by atoms with Crippen molar-refractivity contribution >= 4 is 29.9 Å². The second kappa shape index (κ2) is 11.4. The van der Waals surface area contributed by atoms with Gasteiger partial charge in [0, 0.05) is 39.1 Å². The van der Waals surface area contributed by atoms with Gasteiger partial charge >= 0.3 is 0 Å². The van der Waals surface area contributed by atoms with Crippen molar-refractivity contribution in [2.45, 2.75) is 39.2 Å². The Morgan fingerprint density at radius 1 is 1.21 bits per heavy atom. The number of aliphatic imine (C=N–C) groups is 1. The highest BCUT2D eigenvalue weighted by Crippen LogP contribution is 2.33. The molecule has 2 aromatic rings. The van der Waals surface area contributed by atoms with Crippen LogP contribution in [0.15, 0.2) is 33.8 Å². The van der Waals surface area contributed by atoms with Crippen LogP contribution in [0.25, 0.3) is 0 Å². The van der Waals surface area contributed by atoms with E-state index in [0.29, 0.717) is 30.6 Å². The number of aryl methyl sites for hydroxylation is 2. The van der Waals surface area contributed by atoms with Crippen LogP contribution >= 0.6 is 24.0 Å². The third-order valence-corrected chi connectivity index (χ3v) is 4.81. The number of hydrogen-bond acceptors (Lipinski definition) is 5. The first-order chi connectivity index (χ1) is 13.2. The van der Waals surface area contributed by atoms with Crippen LogP contribution in [-0.4, -0.2) is 42.8 Å². The number of aromatic nitrogens is 2. The molecule has 0 bridgehead atoms. The van der Waals surface area contributed by atoms with Gasteiger partial charge in [0.2, 0.25) is 5.89 Å². The van der Waals surface area contributed by atoms with E-state index in [1.165, 1.54) is 11.1 Å². The fourth-order valence-corrected chi connectivity index (χ4v) is 3.35. The molecule has 2 N–H and O–H groups in total. The van der Waals surface area contributed by atoms with E-state index in [4.69, 9.17) is 9.26 Å². The Bertz CT molecular complexity index is 747. The van der Waals surface area contributed by atoms with Gasteiger partial charge in [-0.05, 0) is 32.3 Å². The second-order valence-electron chi connectivity index (χ2n) is 6.97. The number of ether oxygens (including phenoxy) is 1. The number of benzene rings is 1. The summed E-state index contributed by atoms with van der Waals surface area (Å²) < 4.78 is 11.2. The first kappa shape index (κ1) is 22.6. The van der Waals surface area contributed by atoms with Crippen LogP contribution in [0.1, 0.15) is 41.8 Å². The number of guanidine groups is 1. The molecule has 154 valence electrons. The molecule has 7 nitrogen and oxygen atoms in total. The molecule has 8 heteroatoms. The third kappa shape index (κ3) is 6.44. The maximum absolute atomic E-state index is 6.10. The average molecular weight is 499 g/mol. The SMILES string of the molecule is CN=C(NCCc1nc(C)no1)NCC1CCCOC1c1ccc(C)cc1.I. The Kier molecular flexibility index (Phi) is 9.17. The summed E-state index contributed by atoms with van der Waals surface area (Å²) in [6, 6.07) is 8.66. The van der Waals surface area contributed by atoms with Crippen molar-refractivity contribution in [2.75, 3.05) is 26.7 Å². The minimum atomic E-state index is 0. The van der Waals surface area contributed by atoms with E-state index in [1.807, 2.05) is 6.92 Å². The summed E-state index contributed by atoms with van der Waals surface area (Å²) in [4.78, 5) is 8.51. The van der Waals surface area contributed by atoms with Crippen molar-refractivity contribution in [1.82, 2.24) is 20.8 Å². The molecule has 0 amide bonds. The van der Waals surface area contributed by atoms with E-state index in [9.17, 15) is 0 Å². The van der Waals surface area contributed by atoms with Crippen LogP contribution in [0.3, 0.4) is 0 Å². The van der Waals surface area contributed by atoms with E-state index < -0.39 is 0 Å². The van der Waals surface area contributed by atoms with Crippen molar-refractivity contribution in [3.63, 3.8) is 0 Å². The van der Waals surface area contributed by atoms with Gasteiger partial charge < -0.3 is 19.9 Å². The van der Waals surface area contributed by atoms with E-state index in [2.05, 4.69) is 57.0 Å². The number of rotatable bonds is 6. The van der Waals surface area contributed by atoms with Crippen molar-refractivity contribution in [3.8, 4) is 0 Å². The molecular weight excluding hydrogens is 469 g/mol. The smallest absolute Gasteiger partial charge is 0.228 e. The van der Waals surface area contributed by atoms with Crippen molar-refractivity contribution in [1.29, 1.82) is 0 Å². The molecule has 1 aromatic carbocycles. The lowest BCUT2D eigenvalue weighted by Crippen LogP contribution is -2.42. The van der Waals surface area contributed by atoms with Gasteiger partial charge in [0.1, 0.15) is 0 Å². The lowest BCUT2D eigenvalue weighted by molar-refractivity contribution is -0.0265. The molecule has 28 heavy (non-hydrogen) atoms. The summed E-state index contributed by atoms with van der Waals surface area (Å²) in [6.45, 7) is 6.25. The number of hydrogen-bond donors (Lipinski definition) is 2. The number of halogens is 1. The summed E-state index contributed by atoms with van der Waals surface area (Å²) in [7, 11) is 1.78. The summed E-state index contributed by atoms with van der Waals surface area (Å²) >= 11 is 0. The zero-order chi connectivity index (χ0) is 19.1. The normalized spacial score (nSPS) is 19.8. The number of nitrogens with zero attached hydrogens (tertiary/aromatic N) is 3. The minimum absolute atomic E-state index is 0. The van der Waals surface area contributed by atoms with Crippen LogP contribution < -0.4 is 10.6 Å². The lowest BCUT2D eigenvalue weighted by Gasteiger charge is -2.32. The largest absolute Gasteiger partial charge is 0.373 e. The first-order valence-electron chi connectivity index (χ1n) is 9.57. The molecule has 0 spiro atoms. The molecule has 1 saturated heterocycles. The Morgan fingerprint density at radius 3 is 2.68 bits per heavy atom. The van der Waals surface area contributed by atoms with Crippen molar-refractivity contribution < 1.29 is 9.26 Å².